The van der Waals surface area contributed by atoms with Crippen molar-refractivity contribution in [2.75, 3.05) is 0 Å². The molecule has 0 radical (unpaired) electrons. The van der Waals surface area contributed by atoms with Gasteiger partial charge in [-0.1, -0.05) is 36.2 Å². The van der Waals surface area contributed by atoms with Crippen LogP contribution in [-0.4, -0.2) is 11.3 Å². The van der Waals surface area contributed by atoms with E-state index >= 15 is 0 Å². The van der Waals surface area contributed by atoms with Crippen LogP contribution in [0.5, 0.6) is 5.75 Å². The van der Waals surface area contributed by atoms with Gasteiger partial charge in [-0.2, -0.15) is 13.2 Å². The molecule has 1 aliphatic heterocycles. The molecular weight excluding hydrogens is 376 g/mol. The molecule has 2 aromatic carbocycles. The summed E-state index contributed by atoms with van der Waals surface area (Å²) in [5, 5.41) is 10.2. The third-order valence-corrected chi connectivity index (χ3v) is 4.80. The number of fused-ring (bicyclic) bond motifs is 1. The zero-order chi connectivity index (χ0) is 18.4. The third kappa shape index (κ3) is 3.21. The molecule has 2 nitrogen and oxygen atoms in total. The highest BCUT2D eigenvalue weighted by molar-refractivity contribution is 6.34. The molecule has 0 spiro atoms. The topological polar surface area (TPSA) is 29.5 Å². The Morgan fingerprint density at radius 3 is 2.36 bits per heavy atom. The molecule has 0 aliphatic carbocycles. The van der Waals surface area contributed by atoms with Crippen molar-refractivity contribution in [3.05, 3.63) is 63.1 Å². The number of benzene rings is 2. The molecule has 3 rings (SSSR count). The maximum Gasteiger partial charge on any atom is 0.432 e. The molecule has 0 bridgehead atoms. The number of hydrogen-bond donors (Lipinski definition) is 1. The van der Waals surface area contributed by atoms with E-state index in [1.807, 2.05) is 0 Å². The van der Waals surface area contributed by atoms with Crippen LogP contribution >= 0.6 is 23.2 Å². The number of aliphatic hydroxyl groups is 1. The summed E-state index contributed by atoms with van der Waals surface area (Å²) in [6.07, 6.45) is -5.35. The Bertz CT molecular complexity index is 787. The van der Waals surface area contributed by atoms with Crippen molar-refractivity contribution in [3.8, 4) is 5.75 Å². The normalized spacial score (nSPS) is 20.9. The zero-order valence-electron chi connectivity index (χ0n) is 13.2. The minimum Gasteiger partial charge on any atom is -0.472 e. The van der Waals surface area contributed by atoms with E-state index in [-0.39, 0.29) is 21.4 Å². The van der Waals surface area contributed by atoms with Gasteiger partial charge in [-0.3, -0.25) is 0 Å². The van der Waals surface area contributed by atoms with E-state index in [0.29, 0.717) is 17.5 Å². The molecule has 25 heavy (non-hydrogen) atoms. The van der Waals surface area contributed by atoms with Crippen molar-refractivity contribution >= 4 is 23.2 Å². The van der Waals surface area contributed by atoms with Crippen molar-refractivity contribution in [1.29, 1.82) is 0 Å². The number of halogens is 5. The van der Waals surface area contributed by atoms with Gasteiger partial charge in [0, 0.05) is 22.0 Å². The molecule has 2 aromatic rings. The van der Waals surface area contributed by atoms with Crippen LogP contribution in [0.2, 0.25) is 10.0 Å². The van der Waals surface area contributed by atoms with E-state index < -0.39 is 24.3 Å². The number of ether oxygens (including phenoxy) is 1. The number of hydrogen-bond acceptors (Lipinski definition) is 2. The summed E-state index contributed by atoms with van der Waals surface area (Å²) in [6.45, 7) is 1.79. The van der Waals surface area contributed by atoms with E-state index in [4.69, 9.17) is 27.9 Å². The van der Waals surface area contributed by atoms with Gasteiger partial charge in [0.2, 0.25) is 5.60 Å². The van der Waals surface area contributed by atoms with Crippen LogP contribution in [0.25, 0.3) is 0 Å². The lowest BCUT2D eigenvalue weighted by molar-refractivity contribution is -0.248. The monoisotopic (exact) mass is 390 g/mol. The molecule has 1 N–H and O–H groups in total. The van der Waals surface area contributed by atoms with Gasteiger partial charge in [0.1, 0.15) is 5.75 Å². The number of aliphatic hydroxyl groups excluding tert-OH is 1. The van der Waals surface area contributed by atoms with Crippen LogP contribution in [0.4, 0.5) is 13.2 Å². The van der Waals surface area contributed by atoms with Crippen molar-refractivity contribution in [2.24, 2.45) is 0 Å². The Kier molecular flexibility index (Phi) is 4.69. The van der Waals surface area contributed by atoms with E-state index in [0.717, 1.165) is 0 Å². The lowest BCUT2D eigenvalue weighted by Crippen LogP contribution is -2.46. The first-order valence-corrected chi connectivity index (χ1v) is 8.45. The van der Waals surface area contributed by atoms with Gasteiger partial charge in [-0.05, 0) is 47.9 Å². The molecular formula is C18H15Cl2F3O2. The van der Waals surface area contributed by atoms with E-state index in [1.165, 1.54) is 24.3 Å². The van der Waals surface area contributed by atoms with Crippen molar-refractivity contribution in [2.45, 2.75) is 37.6 Å². The summed E-state index contributed by atoms with van der Waals surface area (Å²) >= 11 is 11.8. The van der Waals surface area contributed by atoms with Crippen LogP contribution in [0.15, 0.2) is 36.4 Å². The molecule has 134 valence electrons. The summed E-state index contributed by atoms with van der Waals surface area (Å²) in [5.41, 5.74) is -1.75. The van der Waals surface area contributed by atoms with Gasteiger partial charge in [0.15, 0.2) is 0 Å². The summed E-state index contributed by atoms with van der Waals surface area (Å²) in [7, 11) is 0. The van der Waals surface area contributed by atoms with Gasteiger partial charge in [-0.15, -0.1) is 0 Å². The van der Waals surface area contributed by atoms with E-state index in [1.54, 1.807) is 19.1 Å². The van der Waals surface area contributed by atoms with Crippen LogP contribution in [0, 0.1) is 0 Å². The predicted molar refractivity (Wildman–Crippen MR) is 90.2 cm³/mol. The first-order valence-electron chi connectivity index (χ1n) is 7.69. The van der Waals surface area contributed by atoms with Crippen LogP contribution < -0.4 is 4.74 Å². The first-order chi connectivity index (χ1) is 11.7. The largest absolute Gasteiger partial charge is 0.472 e. The molecule has 0 saturated heterocycles. The van der Waals surface area contributed by atoms with Gasteiger partial charge in [0.05, 0.1) is 6.10 Å². The zero-order valence-corrected chi connectivity index (χ0v) is 14.7. The molecule has 1 heterocycles. The molecule has 1 aliphatic rings. The van der Waals surface area contributed by atoms with Crippen LogP contribution in [0.1, 0.15) is 36.1 Å². The van der Waals surface area contributed by atoms with Crippen molar-refractivity contribution in [1.82, 2.24) is 0 Å². The second-order valence-corrected chi connectivity index (χ2v) is 6.93. The molecule has 0 saturated carbocycles. The second kappa shape index (κ2) is 6.38. The van der Waals surface area contributed by atoms with Crippen LogP contribution in [-0.2, 0) is 12.0 Å². The fraction of sp³-hybridized carbons (Fsp3) is 0.333. The Balaban J connectivity index is 2.10. The number of alkyl halides is 3. The Hall–Kier alpha value is -1.43. The Labute approximate surface area is 153 Å². The molecule has 2 unspecified atom stereocenters. The standard InChI is InChI=1S/C18H15Cl2F3O2/c1-2-15(24)10-3-4-16-11(5-10)9-17(25-16,18(21,22)23)12-6-13(19)8-14(20)7-12/h3-8,15,24H,2,9H2,1H3. The maximum absolute atomic E-state index is 14.0. The van der Waals surface area contributed by atoms with Gasteiger partial charge >= 0.3 is 6.18 Å². The predicted octanol–water partition coefficient (Wildman–Crippen LogP) is 5.83. The Morgan fingerprint density at radius 1 is 1.16 bits per heavy atom. The second-order valence-electron chi connectivity index (χ2n) is 6.05. The van der Waals surface area contributed by atoms with Crippen LogP contribution in [0.3, 0.4) is 0 Å². The number of rotatable bonds is 3. The average molecular weight is 391 g/mol. The lowest BCUT2D eigenvalue weighted by Gasteiger charge is -2.31. The molecule has 0 fully saturated rings. The highest BCUT2D eigenvalue weighted by Crippen LogP contribution is 2.52. The summed E-state index contributed by atoms with van der Waals surface area (Å²) < 4.78 is 47.4. The molecule has 2 atom stereocenters. The van der Waals surface area contributed by atoms with Gasteiger partial charge in [0.25, 0.3) is 0 Å². The molecule has 0 amide bonds. The quantitative estimate of drug-likeness (QED) is 0.714. The van der Waals surface area contributed by atoms with Gasteiger partial charge < -0.3 is 9.84 Å². The minimum atomic E-state index is -4.68. The fourth-order valence-corrected chi connectivity index (χ4v) is 3.57. The van der Waals surface area contributed by atoms with E-state index in [2.05, 4.69) is 0 Å². The molecule has 7 heteroatoms. The molecule has 0 aromatic heterocycles. The average Bonchev–Trinajstić information content (AvgIpc) is 2.93. The minimum absolute atomic E-state index is 0.104. The van der Waals surface area contributed by atoms with Gasteiger partial charge in [-0.25, -0.2) is 0 Å². The lowest BCUT2D eigenvalue weighted by atomic mass is 9.88. The fourth-order valence-electron chi connectivity index (χ4n) is 3.04. The highest BCUT2D eigenvalue weighted by Gasteiger charge is 2.61. The summed E-state index contributed by atoms with van der Waals surface area (Å²) in [6, 6.07) is 8.40. The van der Waals surface area contributed by atoms with Crippen molar-refractivity contribution in [3.63, 3.8) is 0 Å². The highest BCUT2D eigenvalue weighted by atomic mass is 35.5. The van der Waals surface area contributed by atoms with E-state index in [9.17, 15) is 18.3 Å². The SMILES string of the molecule is CCC(O)c1ccc2c(c1)CC(c1cc(Cl)cc(Cl)c1)(C(F)(F)F)O2. The smallest absolute Gasteiger partial charge is 0.432 e. The summed E-state index contributed by atoms with van der Waals surface area (Å²) in [4.78, 5) is 0. The third-order valence-electron chi connectivity index (χ3n) is 4.37. The van der Waals surface area contributed by atoms with Crippen molar-refractivity contribution < 1.29 is 23.0 Å². The first kappa shape index (κ1) is 18.4. The Morgan fingerprint density at radius 2 is 1.80 bits per heavy atom. The maximum atomic E-state index is 14.0. The summed E-state index contributed by atoms with van der Waals surface area (Å²) in [5.74, 6) is 0.139.